The van der Waals surface area contributed by atoms with Gasteiger partial charge in [0.1, 0.15) is 11.6 Å². The number of rotatable bonds is 10. The number of likely N-dealkylation sites (tertiary alicyclic amines) is 1. The number of ether oxygens (including phenoxy) is 1. The minimum Gasteiger partial charge on any atom is -0.394 e. The number of benzene rings is 2. The first kappa shape index (κ1) is 29.0. The number of hydrogen-bond donors (Lipinski definition) is 1. The second kappa shape index (κ2) is 11.1. The summed E-state index contributed by atoms with van der Waals surface area (Å²) in [5, 5.41) is 11.2. The van der Waals surface area contributed by atoms with Gasteiger partial charge in [-0.25, -0.2) is 0 Å². The Morgan fingerprint density at radius 2 is 1.76 bits per heavy atom. The normalized spacial score (nSPS) is 28.7. The Bertz CT molecular complexity index is 1350. The number of fused-ring (bicyclic) bond motifs is 1. The molecular formula is C32H36ClN3O5. The van der Waals surface area contributed by atoms with E-state index < -0.39 is 41.7 Å². The van der Waals surface area contributed by atoms with Crippen LogP contribution in [0.3, 0.4) is 0 Å². The SMILES string of the molecule is C=CCN(C)C(=O)[C@@H]1[C@H]2C(=O)N([C@H](CO)c3ccccc3)C(C(=O)N(CC=C)c3ccc(Cl)cc3)C23CC[C@@]1(C)O3. The highest BCUT2D eigenvalue weighted by molar-refractivity contribution is 6.30. The Kier molecular flexibility index (Phi) is 7.85. The highest BCUT2D eigenvalue weighted by atomic mass is 35.5. The highest BCUT2D eigenvalue weighted by Gasteiger charge is 2.79. The molecule has 3 saturated heterocycles. The van der Waals surface area contributed by atoms with Crippen molar-refractivity contribution in [2.24, 2.45) is 11.8 Å². The predicted octanol–water partition coefficient (Wildman–Crippen LogP) is 4.00. The summed E-state index contributed by atoms with van der Waals surface area (Å²) < 4.78 is 6.77. The van der Waals surface area contributed by atoms with Crippen molar-refractivity contribution in [1.82, 2.24) is 9.80 Å². The van der Waals surface area contributed by atoms with Crippen LogP contribution in [0.5, 0.6) is 0 Å². The standard InChI is InChI=1S/C32H36ClN3O5/c1-5-18-34(4)28(38)25-26-29(39)36(24(20-37)21-10-8-7-9-11-21)27(32(26)17-16-31(25,3)41-32)30(40)35(19-6-2)23-14-12-22(33)13-15-23/h5-15,24-27,37H,1-2,16-20H2,3-4H3/t24-,25+,26+,27?,31-,32?/m1/s1. The molecule has 6 atom stereocenters. The summed E-state index contributed by atoms with van der Waals surface area (Å²) in [6.45, 7) is 9.55. The van der Waals surface area contributed by atoms with E-state index in [2.05, 4.69) is 13.2 Å². The minimum absolute atomic E-state index is 0.177. The maximum Gasteiger partial charge on any atom is 0.253 e. The van der Waals surface area contributed by atoms with Gasteiger partial charge >= 0.3 is 0 Å². The van der Waals surface area contributed by atoms with Crippen LogP contribution in [0.1, 0.15) is 31.4 Å². The average Bonchev–Trinajstić information content (AvgIpc) is 3.54. The summed E-state index contributed by atoms with van der Waals surface area (Å²) in [5.74, 6) is -2.62. The van der Waals surface area contributed by atoms with Gasteiger partial charge < -0.3 is 24.5 Å². The van der Waals surface area contributed by atoms with E-state index >= 15 is 0 Å². The number of carbonyl (C=O) groups is 3. The van der Waals surface area contributed by atoms with E-state index in [0.29, 0.717) is 35.7 Å². The van der Waals surface area contributed by atoms with Crippen LogP contribution in [0.4, 0.5) is 5.69 Å². The number of nitrogens with zero attached hydrogens (tertiary/aromatic N) is 3. The van der Waals surface area contributed by atoms with E-state index in [1.807, 2.05) is 37.3 Å². The molecule has 2 aromatic rings. The van der Waals surface area contributed by atoms with Crippen LogP contribution in [0.2, 0.25) is 5.02 Å². The Morgan fingerprint density at radius 3 is 2.37 bits per heavy atom. The zero-order chi connectivity index (χ0) is 29.5. The Labute approximate surface area is 245 Å². The van der Waals surface area contributed by atoms with Crippen molar-refractivity contribution in [2.75, 3.05) is 31.6 Å². The largest absolute Gasteiger partial charge is 0.394 e. The van der Waals surface area contributed by atoms with Crippen LogP contribution in [0, 0.1) is 11.8 Å². The van der Waals surface area contributed by atoms with Gasteiger partial charge in [0.15, 0.2) is 0 Å². The molecule has 9 heteroatoms. The highest BCUT2D eigenvalue weighted by Crippen LogP contribution is 2.64. The molecular weight excluding hydrogens is 542 g/mol. The second-order valence-electron chi connectivity index (χ2n) is 11.3. The lowest BCUT2D eigenvalue weighted by Gasteiger charge is -2.39. The maximum atomic E-state index is 14.8. The molecule has 2 bridgehead atoms. The number of anilines is 1. The molecule has 41 heavy (non-hydrogen) atoms. The number of likely N-dealkylation sites (N-methyl/N-ethyl adjacent to an activating group) is 1. The van der Waals surface area contributed by atoms with E-state index in [1.165, 1.54) is 4.90 Å². The van der Waals surface area contributed by atoms with E-state index in [1.54, 1.807) is 53.3 Å². The van der Waals surface area contributed by atoms with Crippen LogP contribution >= 0.6 is 11.6 Å². The van der Waals surface area contributed by atoms with Crippen molar-refractivity contribution in [3.8, 4) is 0 Å². The van der Waals surface area contributed by atoms with Crippen LogP contribution < -0.4 is 4.90 Å². The number of carbonyl (C=O) groups excluding carboxylic acids is 3. The van der Waals surface area contributed by atoms with Crippen LogP contribution in [-0.2, 0) is 19.1 Å². The molecule has 3 heterocycles. The summed E-state index contributed by atoms with van der Waals surface area (Å²) in [6, 6.07) is 14.1. The van der Waals surface area contributed by atoms with Crippen molar-refractivity contribution < 1.29 is 24.2 Å². The minimum atomic E-state index is -1.24. The smallest absolute Gasteiger partial charge is 0.253 e. The Morgan fingerprint density at radius 1 is 1.10 bits per heavy atom. The first-order chi connectivity index (χ1) is 19.6. The van der Waals surface area contributed by atoms with Gasteiger partial charge in [0.2, 0.25) is 11.8 Å². The van der Waals surface area contributed by atoms with Gasteiger partial charge in [-0.05, 0) is 49.6 Å². The molecule has 3 aliphatic heterocycles. The molecule has 2 aromatic carbocycles. The number of aliphatic hydroxyl groups excluding tert-OH is 1. The van der Waals surface area contributed by atoms with Crippen molar-refractivity contribution >= 4 is 35.0 Å². The van der Waals surface area contributed by atoms with Crippen LogP contribution in [0.15, 0.2) is 79.9 Å². The second-order valence-corrected chi connectivity index (χ2v) is 11.7. The maximum absolute atomic E-state index is 14.8. The van der Waals surface area contributed by atoms with E-state index in [4.69, 9.17) is 16.3 Å². The topological polar surface area (TPSA) is 90.4 Å². The fourth-order valence-electron chi connectivity index (χ4n) is 7.13. The Hall–Kier alpha value is -3.46. The third kappa shape index (κ3) is 4.58. The van der Waals surface area contributed by atoms with E-state index in [0.717, 1.165) is 0 Å². The van der Waals surface area contributed by atoms with Gasteiger partial charge in [0.05, 0.1) is 30.1 Å². The molecule has 0 aromatic heterocycles. The van der Waals surface area contributed by atoms with E-state index in [9.17, 15) is 19.5 Å². The van der Waals surface area contributed by atoms with Crippen LogP contribution in [0.25, 0.3) is 0 Å². The fourth-order valence-corrected chi connectivity index (χ4v) is 7.25. The lowest BCUT2D eigenvalue weighted by Crippen LogP contribution is -2.57. The molecule has 0 aliphatic carbocycles. The average molecular weight is 578 g/mol. The molecule has 0 radical (unpaired) electrons. The zero-order valence-electron chi connectivity index (χ0n) is 23.4. The first-order valence-electron chi connectivity index (χ1n) is 13.9. The molecule has 2 unspecified atom stereocenters. The molecule has 3 amide bonds. The van der Waals surface area contributed by atoms with Crippen LogP contribution in [-0.4, -0.2) is 76.6 Å². The van der Waals surface area contributed by atoms with Crippen molar-refractivity contribution in [3.63, 3.8) is 0 Å². The first-order valence-corrected chi connectivity index (χ1v) is 14.2. The summed E-state index contributed by atoms with van der Waals surface area (Å²) in [7, 11) is 1.68. The van der Waals surface area contributed by atoms with Gasteiger partial charge in [-0.2, -0.15) is 0 Å². The zero-order valence-corrected chi connectivity index (χ0v) is 24.2. The van der Waals surface area contributed by atoms with Gasteiger partial charge in [0, 0.05) is 30.8 Å². The molecule has 8 nitrogen and oxygen atoms in total. The summed E-state index contributed by atoms with van der Waals surface area (Å²) in [5.41, 5.74) is -0.884. The number of amides is 3. The molecule has 216 valence electrons. The Balaban J connectivity index is 1.67. The van der Waals surface area contributed by atoms with Crippen molar-refractivity contribution in [2.45, 2.75) is 43.1 Å². The quantitative estimate of drug-likeness (QED) is 0.431. The molecule has 0 saturated carbocycles. The lowest BCUT2D eigenvalue weighted by atomic mass is 9.66. The summed E-state index contributed by atoms with van der Waals surface area (Å²) >= 11 is 6.14. The molecule has 1 spiro atoms. The van der Waals surface area contributed by atoms with E-state index in [-0.39, 0.29) is 24.3 Å². The molecule has 1 N–H and O–H groups in total. The van der Waals surface area contributed by atoms with Gasteiger partial charge in [0.25, 0.3) is 5.91 Å². The van der Waals surface area contributed by atoms with Crippen molar-refractivity contribution in [3.05, 3.63) is 90.5 Å². The fraction of sp³-hybridized carbons (Fsp3) is 0.406. The summed E-state index contributed by atoms with van der Waals surface area (Å²) in [6.07, 6.45) is 4.20. The number of hydrogen-bond acceptors (Lipinski definition) is 5. The monoisotopic (exact) mass is 577 g/mol. The molecule has 3 aliphatic rings. The third-order valence-corrected chi connectivity index (χ3v) is 9.15. The number of halogens is 1. The van der Waals surface area contributed by atoms with Crippen molar-refractivity contribution in [1.29, 1.82) is 0 Å². The molecule has 3 fully saturated rings. The van der Waals surface area contributed by atoms with Gasteiger partial charge in [-0.15, -0.1) is 13.2 Å². The lowest BCUT2D eigenvalue weighted by molar-refractivity contribution is -0.151. The number of aliphatic hydroxyl groups is 1. The summed E-state index contributed by atoms with van der Waals surface area (Å²) in [4.78, 5) is 47.8. The third-order valence-electron chi connectivity index (χ3n) is 8.90. The van der Waals surface area contributed by atoms with Gasteiger partial charge in [-0.3, -0.25) is 14.4 Å². The molecule has 5 rings (SSSR count). The van der Waals surface area contributed by atoms with Gasteiger partial charge in [-0.1, -0.05) is 54.1 Å². The predicted molar refractivity (Wildman–Crippen MR) is 157 cm³/mol.